The van der Waals surface area contributed by atoms with Gasteiger partial charge in [-0.1, -0.05) is 13.3 Å². The Morgan fingerprint density at radius 3 is 2.56 bits per heavy atom. The zero-order valence-corrected chi connectivity index (χ0v) is 12.8. The summed E-state index contributed by atoms with van der Waals surface area (Å²) < 4.78 is 5.34. The lowest BCUT2D eigenvalue weighted by molar-refractivity contribution is -0.0332. The van der Waals surface area contributed by atoms with Crippen molar-refractivity contribution in [2.24, 2.45) is 5.92 Å². The number of hydrogen-bond acceptors (Lipinski definition) is 3. The molecule has 0 aliphatic heterocycles. The number of methoxy groups -OCH3 is 1. The molecule has 1 saturated carbocycles. The van der Waals surface area contributed by atoms with Gasteiger partial charge < -0.3 is 9.84 Å². The van der Waals surface area contributed by atoms with E-state index in [0.29, 0.717) is 6.04 Å². The highest BCUT2D eigenvalue weighted by molar-refractivity contribution is 4.91. The van der Waals surface area contributed by atoms with Crippen LogP contribution in [0.3, 0.4) is 0 Å². The van der Waals surface area contributed by atoms with E-state index in [9.17, 15) is 5.11 Å². The van der Waals surface area contributed by atoms with Gasteiger partial charge in [-0.3, -0.25) is 4.90 Å². The Hall–Kier alpha value is -0.120. The third-order valence-corrected chi connectivity index (χ3v) is 4.54. The molecule has 0 spiro atoms. The van der Waals surface area contributed by atoms with Crippen molar-refractivity contribution in [3.05, 3.63) is 0 Å². The SMILES string of the molecule is CCCC1CCC(O)CC1N(C)C(C)(C)COC. The summed E-state index contributed by atoms with van der Waals surface area (Å²) in [4.78, 5) is 2.43. The molecule has 18 heavy (non-hydrogen) atoms. The lowest BCUT2D eigenvalue weighted by Gasteiger charge is -2.47. The lowest BCUT2D eigenvalue weighted by Crippen LogP contribution is -2.54. The molecular formula is C15H31NO2. The first kappa shape index (κ1) is 15.9. The minimum atomic E-state index is -0.121. The van der Waals surface area contributed by atoms with Gasteiger partial charge in [0.1, 0.15) is 0 Å². The Kier molecular flexibility index (Phi) is 6.09. The van der Waals surface area contributed by atoms with Crippen LogP contribution in [0.2, 0.25) is 0 Å². The highest BCUT2D eigenvalue weighted by Gasteiger charge is 2.37. The fourth-order valence-corrected chi connectivity index (χ4v) is 3.27. The molecule has 3 atom stereocenters. The molecule has 0 bridgehead atoms. The van der Waals surface area contributed by atoms with Crippen molar-refractivity contribution in [3.63, 3.8) is 0 Å². The molecule has 1 N–H and O–H groups in total. The number of nitrogens with zero attached hydrogens (tertiary/aromatic N) is 1. The van der Waals surface area contributed by atoms with E-state index >= 15 is 0 Å². The number of ether oxygens (including phenoxy) is 1. The van der Waals surface area contributed by atoms with Crippen LogP contribution in [0, 0.1) is 5.92 Å². The number of aliphatic hydroxyl groups is 1. The molecule has 0 aromatic rings. The average Bonchev–Trinajstić information content (AvgIpc) is 2.30. The molecule has 1 rings (SSSR count). The normalized spacial score (nSPS) is 29.8. The van der Waals surface area contributed by atoms with Gasteiger partial charge in [0.25, 0.3) is 0 Å². The van der Waals surface area contributed by atoms with E-state index in [1.54, 1.807) is 7.11 Å². The van der Waals surface area contributed by atoms with E-state index in [1.807, 2.05) is 0 Å². The monoisotopic (exact) mass is 257 g/mol. The molecule has 0 heterocycles. The Balaban J connectivity index is 2.74. The number of likely N-dealkylation sites (N-methyl/N-ethyl adjacent to an activating group) is 1. The molecule has 0 radical (unpaired) electrons. The van der Waals surface area contributed by atoms with Gasteiger partial charge in [0.15, 0.2) is 0 Å². The number of aliphatic hydroxyl groups excluding tert-OH is 1. The van der Waals surface area contributed by atoms with Gasteiger partial charge in [-0.2, -0.15) is 0 Å². The van der Waals surface area contributed by atoms with E-state index in [0.717, 1.165) is 31.8 Å². The molecule has 1 aliphatic rings. The van der Waals surface area contributed by atoms with Crippen LogP contribution < -0.4 is 0 Å². The van der Waals surface area contributed by atoms with Gasteiger partial charge in [-0.15, -0.1) is 0 Å². The molecule has 0 amide bonds. The summed E-state index contributed by atoms with van der Waals surface area (Å²) in [6.45, 7) is 7.43. The maximum atomic E-state index is 9.95. The van der Waals surface area contributed by atoms with Crippen LogP contribution in [-0.4, -0.2) is 48.5 Å². The summed E-state index contributed by atoms with van der Waals surface area (Å²) in [5.41, 5.74) is 0.0302. The number of hydrogen-bond donors (Lipinski definition) is 1. The fraction of sp³-hybridized carbons (Fsp3) is 1.00. The first-order valence-electron chi connectivity index (χ1n) is 7.32. The highest BCUT2D eigenvalue weighted by Crippen LogP contribution is 2.34. The number of rotatable bonds is 6. The molecule has 1 aliphatic carbocycles. The van der Waals surface area contributed by atoms with Crippen molar-refractivity contribution in [2.75, 3.05) is 20.8 Å². The second-order valence-corrected chi connectivity index (χ2v) is 6.44. The molecule has 0 aromatic carbocycles. The molecule has 1 fully saturated rings. The lowest BCUT2D eigenvalue weighted by atomic mass is 9.78. The molecule has 0 saturated heterocycles. The van der Waals surface area contributed by atoms with Crippen molar-refractivity contribution in [1.82, 2.24) is 4.90 Å². The predicted molar refractivity (Wildman–Crippen MR) is 75.8 cm³/mol. The van der Waals surface area contributed by atoms with Gasteiger partial charge in [0.05, 0.1) is 12.7 Å². The predicted octanol–water partition coefficient (Wildman–Crippen LogP) is 2.67. The Labute approximate surface area is 113 Å². The maximum absolute atomic E-state index is 9.95. The second-order valence-electron chi connectivity index (χ2n) is 6.44. The van der Waals surface area contributed by atoms with Gasteiger partial charge in [-0.05, 0) is 52.5 Å². The van der Waals surface area contributed by atoms with Crippen LogP contribution in [-0.2, 0) is 4.74 Å². The highest BCUT2D eigenvalue weighted by atomic mass is 16.5. The molecule has 0 aromatic heterocycles. The Morgan fingerprint density at radius 1 is 1.33 bits per heavy atom. The maximum Gasteiger partial charge on any atom is 0.0641 e. The van der Waals surface area contributed by atoms with E-state index in [4.69, 9.17) is 4.74 Å². The summed E-state index contributed by atoms with van der Waals surface area (Å²) in [7, 11) is 3.94. The van der Waals surface area contributed by atoms with Gasteiger partial charge in [-0.25, -0.2) is 0 Å². The van der Waals surface area contributed by atoms with Crippen molar-refractivity contribution < 1.29 is 9.84 Å². The zero-order chi connectivity index (χ0) is 13.8. The zero-order valence-electron chi connectivity index (χ0n) is 12.8. The first-order valence-corrected chi connectivity index (χ1v) is 7.32. The standard InChI is InChI=1S/C15H31NO2/c1-6-7-12-8-9-13(17)10-14(12)16(4)15(2,3)11-18-5/h12-14,17H,6-11H2,1-5H3. The minimum absolute atomic E-state index is 0.0302. The topological polar surface area (TPSA) is 32.7 Å². The van der Waals surface area contributed by atoms with Crippen LogP contribution in [0.4, 0.5) is 0 Å². The van der Waals surface area contributed by atoms with E-state index in [2.05, 4.69) is 32.7 Å². The third-order valence-electron chi connectivity index (χ3n) is 4.54. The van der Waals surface area contributed by atoms with Crippen LogP contribution in [0.5, 0.6) is 0 Å². The molecule has 3 heteroatoms. The quantitative estimate of drug-likeness (QED) is 0.794. The molecule has 3 nitrogen and oxygen atoms in total. The van der Waals surface area contributed by atoms with Gasteiger partial charge in [0, 0.05) is 18.7 Å². The smallest absolute Gasteiger partial charge is 0.0641 e. The van der Waals surface area contributed by atoms with Crippen molar-refractivity contribution in [3.8, 4) is 0 Å². The summed E-state index contributed by atoms with van der Waals surface area (Å²) >= 11 is 0. The van der Waals surface area contributed by atoms with Crippen molar-refractivity contribution in [2.45, 2.75) is 70.6 Å². The first-order chi connectivity index (χ1) is 8.42. The third kappa shape index (κ3) is 3.94. The van der Waals surface area contributed by atoms with Crippen LogP contribution in [0.15, 0.2) is 0 Å². The van der Waals surface area contributed by atoms with Crippen LogP contribution in [0.25, 0.3) is 0 Å². The molecule has 3 unspecified atom stereocenters. The van der Waals surface area contributed by atoms with Gasteiger partial charge >= 0.3 is 0 Å². The van der Waals surface area contributed by atoms with E-state index in [-0.39, 0.29) is 11.6 Å². The molecule has 108 valence electrons. The summed E-state index contributed by atoms with van der Waals surface area (Å²) in [6.07, 6.45) is 5.42. The second kappa shape index (κ2) is 6.88. The van der Waals surface area contributed by atoms with Crippen LogP contribution >= 0.6 is 0 Å². The minimum Gasteiger partial charge on any atom is -0.393 e. The summed E-state index contributed by atoms with van der Waals surface area (Å²) in [5, 5.41) is 9.95. The summed E-state index contributed by atoms with van der Waals surface area (Å²) in [6, 6.07) is 0.485. The largest absolute Gasteiger partial charge is 0.393 e. The molecular weight excluding hydrogens is 226 g/mol. The van der Waals surface area contributed by atoms with Crippen molar-refractivity contribution >= 4 is 0 Å². The average molecular weight is 257 g/mol. The fourth-order valence-electron chi connectivity index (χ4n) is 3.27. The van der Waals surface area contributed by atoms with Crippen molar-refractivity contribution in [1.29, 1.82) is 0 Å². The van der Waals surface area contributed by atoms with E-state index < -0.39 is 0 Å². The van der Waals surface area contributed by atoms with E-state index in [1.165, 1.54) is 12.8 Å². The van der Waals surface area contributed by atoms with Gasteiger partial charge in [0.2, 0.25) is 0 Å². The Bertz CT molecular complexity index is 243. The van der Waals surface area contributed by atoms with Crippen LogP contribution in [0.1, 0.15) is 52.9 Å². The Morgan fingerprint density at radius 2 is 2.00 bits per heavy atom. The summed E-state index contributed by atoms with van der Waals surface area (Å²) in [5.74, 6) is 0.722.